The lowest BCUT2D eigenvalue weighted by atomic mass is 9.83. The van der Waals surface area contributed by atoms with Crippen LogP contribution < -0.4 is 10.1 Å². The Hall–Kier alpha value is -3.98. The molecule has 5 nitrogen and oxygen atoms in total. The Kier molecular flexibility index (Phi) is 7.52. The molecule has 0 amide bonds. The van der Waals surface area contributed by atoms with E-state index < -0.39 is 23.7 Å². The lowest BCUT2D eigenvalue weighted by Gasteiger charge is -2.25. The second-order valence-electron chi connectivity index (χ2n) is 9.67. The Morgan fingerprint density at radius 2 is 1.85 bits per heavy atom. The number of halogens is 4. The highest BCUT2D eigenvalue weighted by molar-refractivity contribution is 5.72. The molecule has 0 fully saturated rings. The van der Waals surface area contributed by atoms with E-state index in [4.69, 9.17) is 4.74 Å². The zero-order valence-electron chi connectivity index (χ0n) is 21.2. The number of hydrogen-bond acceptors (Lipinski definition) is 5. The first-order chi connectivity index (χ1) is 18.7. The number of aliphatic hydroxyl groups excluding tert-OH is 1. The van der Waals surface area contributed by atoms with Gasteiger partial charge in [-0.3, -0.25) is 0 Å². The van der Waals surface area contributed by atoms with Gasteiger partial charge in [0.2, 0.25) is 0 Å². The zero-order chi connectivity index (χ0) is 27.6. The lowest BCUT2D eigenvalue weighted by molar-refractivity contribution is -0.137. The highest BCUT2D eigenvalue weighted by atomic mass is 19.4. The predicted molar refractivity (Wildman–Crippen MR) is 140 cm³/mol. The van der Waals surface area contributed by atoms with Crippen molar-refractivity contribution >= 4 is 11.5 Å². The van der Waals surface area contributed by atoms with Crippen LogP contribution in [-0.2, 0) is 19.0 Å². The number of benzene rings is 3. The maximum Gasteiger partial charge on any atom is 0.416 e. The Bertz CT molecular complexity index is 1460. The fraction of sp³-hybridized carbons (Fsp3) is 0.267. The third-order valence-electron chi connectivity index (χ3n) is 7.00. The lowest BCUT2D eigenvalue weighted by Crippen LogP contribution is -2.18. The first-order valence-corrected chi connectivity index (χ1v) is 12.7. The molecular weight excluding hydrogens is 510 g/mol. The molecule has 3 aromatic carbocycles. The van der Waals surface area contributed by atoms with E-state index in [0.29, 0.717) is 22.6 Å². The van der Waals surface area contributed by atoms with E-state index in [1.165, 1.54) is 42.2 Å². The van der Waals surface area contributed by atoms with Crippen LogP contribution in [0.15, 0.2) is 73.1 Å². The largest absolute Gasteiger partial charge is 0.485 e. The van der Waals surface area contributed by atoms with Crippen molar-refractivity contribution in [3.63, 3.8) is 0 Å². The van der Waals surface area contributed by atoms with Crippen molar-refractivity contribution in [3.8, 4) is 17.0 Å². The summed E-state index contributed by atoms with van der Waals surface area (Å²) in [5, 5.41) is 13.0. The second kappa shape index (κ2) is 11.0. The Balaban J connectivity index is 1.48. The average Bonchev–Trinajstić information content (AvgIpc) is 2.93. The molecular formula is C30H27F4N3O2. The van der Waals surface area contributed by atoms with Crippen LogP contribution in [-0.4, -0.2) is 21.7 Å². The molecule has 1 aliphatic carbocycles. The second-order valence-corrected chi connectivity index (χ2v) is 9.67. The topological polar surface area (TPSA) is 67.3 Å². The van der Waals surface area contributed by atoms with Crippen LogP contribution in [0.4, 0.5) is 29.1 Å². The highest BCUT2D eigenvalue weighted by Crippen LogP contribution is 2.39. The number of anilines is 2. The molecule has 202 valence electrons. The number of fused-ring (bicyclic) bond motifs is 1. The first-order valence-electron chi connectivity index (χ1n) is 12.7. The molecule has 0 saturated heterocycles. The van der Waals surface area contributed by atoms with Gasteiger partial charge in [-0.05, 0) is 85.2 Å². The summed E-state index contributed by atoms with van der Waals surface area (Å²) in [5.74, 6) is 0.237. The third-order valence-corrected chi connectivity index (χ3v) is 7.00. The molecule has 0 saturated carbocycles. The maximum atomic E-state index is 13.6. The Morgan fingerprint density at radius 1 is 1.05 bits per heavy atom. The summed E-state index contributed by atoms with van der Waals surface area (Å²) in [5.41, 5.74) is 3.69. The normalized spacial score (nSPS) is 15.9. The number of nitrogens with zero attached hydrogens (tertiary/aromatic N) is 2. The van der Waals surface area contributed by atoms with Crippen molar-refractivity contribution in [3.05, 3.63) is 101 Å². The summed E-state index contributed by atoms with van der Waals surface area (Å²) >= 11 is 0. The quantitative estimate of drug-likeness (QED) is 0.243. The van der Waals surface area contributed by atoms with Crippen molar-refractivity contribution in [2.24, 2.45) is 5.92 Å². The molecule has 2 atom stereocenters. The minimum absolute atomic E-state index is 0.00539. The van der Waals surface area contributed by atoms with Gasteiger partial charge in [-0.1, -0.05) is 24.3 Å². The van der Waals surface area contributed by atoms with Gasteiger partial charge in [0.05, 0.1) is 11.3 Å². The molecule has 4 aromatic rings. The Labute approximate surface area is 223 Å². The van der Waals surface area contributed by atoms with Crippen molar-refractivity contribution in [2.75, 3.05) is 11.9 Å². The van der Waals surface area contributed by atoms with Crippen LogP contribution in [0.2, 0.25) is 0 Å². The molecule has 0 spiro atoms. The summed E-state index contributed by atoms with van der Waals surface area (Å²) in [4.78, 5) is 8.64. The maximum absolute atomic E-state index is 13.6. The fourth-order valence-electron chi connectivity index (χ4n) is 4.84. The molecule has 2 N–H and O–H groups in total. The van der Waals surface area contributed by atoms with Crippen LogP contribution in [0.5, 0.6) is 5.75 Å². The minimum Gasteiger partial charge on any atom is -0.485 e. The summed E-state index contributed by atoms with van der Waals surface area (Å²) in [7, 11) is 0. The number of hydrogen-bond donors (Lipinski definition) is 2. The molecule has 1 aromatic heterocycles. The Morgan fingerprint density at radius 3 is 2.59 bits per heavy atom. The van der Waals surface area contributed by atoms with Crippen molar-refractivity contribution in [2.45, 2.75) is 38.5 Å². The molecule has 2 unspecified atom stereocenters. The van der Waals surface area contributed by atoms with Gasteiger partial charge < -0.3 is 15.2 Å². The van der Waals surface area contributed by atoms with E-state index in [1.54, 1.807) is 13.0 Å². The van der Waals surface area contributed by atoms with Crippen molar-refractivity contribution < 1.29 is 27.4 Å². The molecule has 1 heterocycles. The monoisotopic (exact) mass is 537 g/mol. The van der Waals surface area contributed by atoms with E-state index >= 15 is 0 Å². The fourth-order valence-corrected chi connectivity index (χ4v) is 4.84. The van der Waals surface area contributed by atoms with Gasteiger partial charge >= 0.3 is 6.18 Å². The summed E-state index contributed by atoms with van der Waals surface area (Å²) in [6.07, 6.45) is -1.32. The van der Waals surface area contributed by atoms with Gasteiger partial charge in [0.1, 0.15) is 29.8 Å². The van der Waals surface area contributed by atoms with Crippen LogP contribution in [0.25, 0.3) is 11.3 Å². The molecule has 0 radical (unpaired) electrons. The standard InChI is InChI=1S/C30H27F4N3O2/c1-18(20-7-10-23(31)11-8-20)39-28-14-22(30(32,33)34)9-12-24(28)27-15-29(36-17-35-27)37-26-4-2-3-21-6-5-19(16-38)13-25(21)26/h2-4,7-12,14-15,17-19,38H,5-6,13,16H2,1H3,(H,35,36,37). The predicted octanol–water partition coefficient (Wildman–Crippen LogP) is 7.28. The first kappa shape index (κ1) is 26.6. The summed E-state index contributed by atoms with van der Waals surface area (Å²) < 4.78 is 60.0. The van der Waals surface area contributed by atoms with Gasteiger partial charge in [0.25, 0.3) is 0 Å². The number of ether oxygens (including phenoxy) is 1. The molecule has 9 heteroatoms. The molecule has 0 bridgehead atoms. The van der Waals surface area contributed by atoms with Crippen molar-refractivity contribution in [1.29, 1.82) is 0 Å². The minimum atomic E-state index is -4.56. The van der Waals surface area contributed by atoms with E-state index in [0.717, 1.165) is 42.6 Å². The zero-order valence-corrected chi connectivity index (χ0v) is 21.2. The SMILES string of the molecule is CC(Oc1cc(C(F)(F)F)ccc1-c1cc(Nc2cccc3c2CC(CO)CC3)ncn1)c1ccc(F)cc1. The number of aryl methyl sites for hydroxylation is 1. The average molecular weight is 538 g/mol. The van der Waals surface area contributed by atoms with Crippen LogP contribution in [0.1, 0.15) is 41.7 Å². The van der Waals surface area contributed by atoms with Gasteiger partial charge in [-0.2, -0.15) is 13.2 Å². The number of aromatic nitrogens is 2. The summed E-state index contributed by atoms with van der Waals surface area (Å²) in [6.45, 7) is 1.81. The van der Waals surface area contributed by atoms with E-state index in [-0.39, 0.29) is 18.3 Å². The van der Waals surface area contributed by atoms with Gasteiger partial charge in [-0.15, -0.1) is 0 Å². The van der Waals surface area contributed by atoms with Crippen LogP contribution in [0, 0.1) is 11.7 Å². The smallest absolute Gasteiger partial charge is 0.416 e. The number of rotatable bonds is 7. The van der Waals surface area contributed by atoms with E-state index in [2.05, 4.69) is 21.4 Å². The molecule has 0 aliphatic heterocycles. The number of aliphatic hydroxyl groups is 1. The van der Waals surface area contributed by atoms with Gasteiger partial charge in [-0.25, -0.2) is 14.4 Å². The number of alkyl halides is 3. The van der Waals surface area contributed by atoms with E-state index in [9.17, 15) is 22.7 Å². The third kappa shape index (κ3) is 6.04. The van der Waals surface area contributed by atoms with Gasteiger partial charge in [0, 0.05) is 23.9 Å². The van der Waals surface area contributed by atoms with Gasteiger partial charge in [0.15, 0.2) is 0 Å². The van der Waals surface area contributed by atoms with Crippen LogP contribution in [0.3, 0.4) is 0 Å². The van der Waals surface area contributed by atoms with E-state index in [1.807, 2.05) is 12.1 Å². The van der Waals surface area contributed by atoms with Crippen molar-refractivity contribution in [1.82, 2.24) is 9.97 Å². The molecule has 5 rings (SSSR count). The molecule has 1 aliphatic rings. The summed E-state index contributed by atoms with van der Waals surface area (Å²) in [6, 6.07) is 16.5. The highest BCUT2D eigenvalue weighted by Gasteiger charge is 2.32. The molecule has 39 heavy (non-hydrogen) atoms. The number of nitrogens with one attached hydrogen (secondary N) is 1. The van der Waals surface area contributed by atoms with Crippen LogP contribution >= 0.6 is 0 Å².